The molecule has 1 aliphatic heterocycles. The Morgan fingerprint density at radius 3 is 2.54 bits per heavy atom. The maximum atomic E-state index is 14.2. The molecule has 0 radical (unpaired) electrons. The molecule has 2 aromatic carbocycles. The van der Waals surface area contributed by atoms with E-state index in [0.717, 1.165) is 23.8 Å². The Morgan fingerprint density at radius 2 is 1.90 bits per heavy atom. The lowest BCUT2D eigenvalue weighted by molar-refractivity contribution is -0.137. The summed E-state index contributed by atoms with van der Waals surface area (Å²) in [5.41, 5.74) is 0.0201. The molecular weight excluding hydrogens is 515 g/mol. The van der Waals surface area contributed by atoms with E-state index in [1.807, 2.05) is 13.0 Å². The second kappa shape index (κ2) is 10.0. The normalized spacial score (nSPS) is 15.7. The number of alkyl halides is 3. The number of aliphatic hydroxyl groups is 1. The van der Waals surface area contributed by atoms with Crippen molar-refractivity contribution in [2.45, 2.75) is 32.5 Å². The number of oxazole rings is 1. The number of benzene rings is 2. The highest BCUT2D eigenvalue weighted by atomic mass is 19.4. The largest absolute Gasteiger partial charge is 0.444 e. The molecule has 3 heterocycles. The van der Waals surface area contributed by atoms with Gasteiger partial charge in [0.1, 0.15) is 11.8 Å². The smallest absolute Gasteiger partial charge is 0.418 e. The average molecular weight is 540 g/mol. The summed E-state index contributed by atoms with van der Waals surface area (Å²) < 4.78 is 48.6. The Kier molecular flexibility index (Phi) is 6.73. The number of halogens is 3. The third kappa shape index (κ3) is 5.02. The molecule has 4 aromatic rings. The molecule has 1 unspecified atom stereocenters. The Hall–Kier alpha value is -4.45. The SMILES string of the molecule is CCNc1cc(-c2cc(C)cc(-c3cnco3)c2)nn(-c2cc(N3CCC(O)C3=O)ccc2C(F)(F)F)c1=O. The number of rotatable bonds is 6. The molecule has 2 N–H and O–H groups in total. The minimum absolute atomic E-state index is 0.0522. The second-order valence-corrected chi connectivity index (χ2v) is 9.14. The van der Waals surface area contributed by atoms with Crippen molar-refractivity contribution in [2.24, 2.45) is 0 Å². The molecule has 0 aliphatic carbocycles. The highest BCUT2D eigenvalue weighted by molar-refractivity contribution is 5.98. The molecular formula is C27H24F3N5O4. The van der Waals surface area contributed by atoms with E-state index >= 15 is 0 Å². The molecule has 2 aromatic heterocycles. The molecule has 1 fully saturated rings. The molecule has 202 valence electrons. The van der Waals surface area contributed by atoms with Crippen LogP contribution in [0.2, 0.25) is 0 Å². The summed E-state index contributed by atoms with van der Waals surface area (Å²) in [6, 6.07) is 9.93. The summed E-state index contributed by atoms with van der Waals surface area (Å²) in [6.45, 7) is 4.06. The molecule has 0 bridgehead atoms. The minimum Gasteiger partial charge on any atom is -0.444 e. The van der Waals surface area contributed by atoms with Crippen LogP contribution in [-0.2, 0) is 11.0 Å². The quantitative estimate of drug-likeness (QED) is 0.373. The standard InChI is InChI=1S/C27H24F3N5O4/c1-3-32-21-12-20(16-8-15(2)9-17(10-16)24-13-31-14-39-24)33-35(25(21)37)22-11-18(4-5-19(22)27(28,29)30)34-7-6-23(36)26(34)38/h4-5,8-14,23,32,36H,3,6-7H2,1-2H3. The average Bonchev–Trinajstić information content (AvgIpc) is 3.55. The van der Waals surface area contributed by atoms with E-state index in [0.29, 0.717) is 28.1 Å². The van der Waals surface area contributed by atoms with Crippen molar-refractivity contribution in [3.8, 4) is 28.3 Å². The summed E-state index contributed by atoms with van der Waals surface area (Å²) in [5.74, 6) is -0.132. The Morgan fingerprint density at radius 1 is 1.13 bits per heavy atom. The first kappa shape index (κ1) is 26.2. The predicted molar refractivity (Wildman–Crippen MR) is 138 cm³/mol. The van der Waals surface area contributed by atoms with Gasteiger partial charge in [0.25, 0.3) is 11.5 Å². The van der Waals surface area contributed by atoms with Gasteiger partial charge in [-0.05, 0) is 61.9 Å². The van der Waals surface area contributed by atoms with Gasteiger partial charge in [-0.25, -0.2) is 4.98 Å². The summed E-state index contributed by atoms with van der Waals surface area (Å²) in [4.78, 5) is 30.9. The zero-order valence-corrected chi connectivity index (χ0v) is 21.0. The molecule has 39 heavy (non-hydrogen) atoms. The second-order valence-electron chi connectivity index (χ2n) is 9.14. The molecule has 1 aliphatic rings. The van der Waals surface area contributed by atoms with Crippen LogP contribution < -0.4 is 15.8 Å². The molecule has 0 spiro atoms. The van der Waals surface area contributed by atoms with Crippen LogP contribution in [0.4, 0.5) is 24.5 Å². The molecule has 0 saturated carbocycles. The molecule has 12 heteroatoms. The van der Waals surface area contributed by atoms with Crippen LogP contribution in [-0.4, -0.2) is 45.0 Å². The molecule has 9 nitrogen and oxygen atoms in total. The van der Waals surface area contributed by atoms with Crippen LogP contribution in [0.25, 0.3) is 28.3 Å². The van der Waals surface area contributed by atoms with Crippen LogP contribution >= 0.6 is 0 Å². The van der Waals surface area contributed by atoms with Crippen molar-refractivity contribution < 1.29 is 27.5 Å². The van der Waals surface area contributed by atoms with Crippen molar-refractivity contribution in [3.05, 3.63) is 76.5 Å². The summed E-state index contributed by atoms with van der Waals surface area (Å²) in [7, 11) is 0. The zero-order valence-electron chi connectivity index (χ0n) is 21.0. The number of aromatic nitrogens is 3. The van der Waals surface area contributed by atoms with Gasteiger partial charge < -0.3 is 19.7 Å². The van der Waals surface area contributed by atoms with Crippen LogP contribution in [0.15, 0.2) is 64.3 Å². The van der Waals surface area contributed by atoms with Gasteiger partial charge in [-0.2, -0.15) is 23.0 Å². The number of anilines is 2. The van der Waals surface area contributed by atoms with Gasteiger partial charge in [0.05, 0.1) is 23.1 Å². The Labute approximate surface area is 220 Å². The predicted octanol–water partition coefficient (Wildman–Crippen LogP) is 4.41. The number of hydrogen-bond acceptors (Lipinski definition) is 7. The Bertz CT molecular complexity index is 1600. The maximum Gasteiger partial charge on any atom is 0.418 e. The van der Waals surface area contributed by atoms with Gasteiger partial charge in [-0.3, -0.25) is 9.59 Å². The minimum atomic E-state index is -4.82. The van der Waals surface area contributed by atoms with Crippen molar-refractivity contribution in [1.82, 2.24) is 14.8 Å². The van der Waals surface area contributed by atoms with Gasteiger partial charge in [0.2, 0.25) is 0 Å². The van der Waals surface area contributed by atoms with E-state index in [2.05, 4.69) is 15.4 Å². The Balaban J connectivity index is 1.73. The van der Waals surface area contributed by atoms with E-state index in [1.165, 1.54) is 23.6 Å². The number of amides is 1. The van der Waals surface area contributed by atoms with Crippen LogP contribution in [0.1, 0.15) is 24.5 Å². The van der Waals surface area contributed by atoms with Gasteiger partial charge in [0, 0.05) is 36.3 Å². The number of carbonyl (C=O) groups is 1. The molecule has 1 amide bonds. The van der Waals surface area contributed by atoms with Crippen LogP contribution in [0, 0.1) is 6.92 Å². The van der Waals surface area contributed by atoms with Crippen molar-refractivity contribution in [3.63, 3.8) is 0 Å². The first-order valence-corrected chi connectivity index (χ1v) is 12.2. The number of carbonyl (C=O) groups excluding carboxylic acids is 1. The van der Waals surface area contributed by atoms with Crippen molar-refractivity contribution in [1.29, 1.82) is 0 Å². The topological polar surface area (TPSA) is 113 Å². The van der Waals surface area contributed by atoms with Crippen molar-refractivity contribution >= 4 is 17.3 Å². The number of hydrogen-bond donors (Lipinski definition) is 2. The van der Waals surface area contributed by atoms with Crippen LogP contribution in [0.5, 0.6) is 0 Å². The van der Waals surface area contributed by atoms with Crippen molar-refractivity contribution in [2.75, 3.05) is 23.3 Å². The summed E-state index contributed by atoms with van der Waals surface area (Å²) in [6.07, 6.45) is -3.08. The van der Waals surface area contributed by atoms with E-state index in [1.54, 1.807) is 19.1 Å². The lowest BCUT2D eigenvalue weighted by Crippen LogP contribution is -2.30. The van der Waals surface area contributed by atoms with Gasteiger partial charge in [0.15, 0.2) is 12.2 Å². The fourth-order valence-corrected chi connectivity index (χ4v) is 4.57. The van der Waals surface area contributed by atoms with E-state index in [4.69, 9.17) is 4.42 Å². The van der Waals surface area contributed by atoms with Gasteiger partial charge >= 0.3 is 6.18 Å². The lowest BCUT2D eigenvalue weighted by Gasteiger charge is -2.21. The van der Waals surface area contributed by atoms with Gasteiger partial charge in [-0.1, -0.05) is 0 Å². The highest BCUT2D eigenvalue weighted by Gasteiger charge is 2.37. The third-order valence-electron chi connectivity index (χ3n) is 6.37. The fraction of sp³-hybridized carbons (Fsp3) is 0.259. The lowest BCUT2D eigenvalue weighted by atomic mass is 10.0. The molecule has 1 atom stereocenters. The molecule has 1 saturated heterocycles. The summed E-state index contributed by atoms with van der Waals surface area (Å²) in [5, 5.41) is 17.1. The highest BCUT2D eigenvalue weighted by Crippen LogP contribution is 2.37. The van der Waals surface area contributed by atoms with E-state index in [-0.39, 0.29) is 30.0 Å². The fourth-order valence-electron chi connectivity index (χ4n) is 4.57. The zero-order chi connectivity index (χ0) is 27.9. The number of nitrogens with one attached hydrogen (secondary N) is 1. The van der Waals surface area contributed by atoms with Gasteiger partial charge in [-0.15, -0.1) is 0 Å². The van der Waals surface area contributed by atoms with E-state index < -0.39 is 35.0 Å². The monoisotopic (exact) mass is 539 g/mol. The number of aryl methyl sites for hydroxylation is 1. The summed E-state index contributed by atoms with van der Waals surface area (Å²) >= 11 is 0. The first-order chi connectivity index (χ1) is 18.6. The maximum absolute atomic E-state index is 14.2. The third-order valence-corrected chi connectivity index (χ3v) is 6.37. The van der Waals surface area contributed by atoms with Crippen LogP contribution in [0.3, 0.4) is 0 Å². The number of aliphatic hydroxyl groups excluding tert-OH is 1. The number of nitrogens with zero attached hydrogens (tertiary/aromatic N) is 4. The molecule has 5 rings (SSSR count). The first-order valence-electron chi connectivity index (χ1n) is 12.2. The van der Waals surface area contributed by atoms with E-state index in [9.17, 15) is 27.9 Å².